The molecule has 4 rings (SSSR count). The number of methoxy groups -OCH3 is 1. The SMILES string of the molecule is C/C=C/C1CCCCCN1CC1C(c2ccc(OC)c(F)c2)N=C(c2c(CC)cc(C)cc2CC)N1CC.C/C=C\C. The van der Waals surface area contributed by atoms with Gasteiger partial charge in [0.2, 0.25) is 0 Å². The van der Waals surface area contributed by atoms with Crippen LogP contribution in [0.2, 0.25) is 0 Å². The zero-order valence-corrected chi connectivity index (χ0v) is 27.4. The van der Waals surface area contributed by atoms with Gasteiger partial charge in [-0.05, 0) is 95.7 Å². The summed E-state index contributed by atoms with van der Waals surface area (Å²) in [6.45, 7) is 17.9. The molecule has 230 valence electrons. The van der Waals surface area contributed by atoms with Crippen LogP contribution in [-0.4, -0.2) is 54.5 Å². The Bertz CT molecular complexity index is 1200. The van der Waals surface area contributed by atoms with E-state index in [2.05, 4.69) is 68.7 Å². The minimum Gasteiger partial charge on any atom is -0.494 e. The summed E-state index contributed by atoms with van der Waals surface area (Å²) in [4.78, 5) is 10.6. The van der Waals surface area contributed by atoms with Crippen molar-refractivity contribution in [2.45, 2.75) is 105 Å². The first-order valence-electron chi connectivity index (χ1n) is 16.1. The number of aryl methyl sites for hydroxylation is 3. The van der Waals surface area contributed by atoms with Crippen molar-refractivity contribution in [2.75, 3.05) is 26.7 Å². The molecule has 0 spiro atoms. The van der Waals surface area contributed by atoms with E-state index in [0.717, 1.165) is 43.9 Å². The van der Waals surface area contributed by atoms with Gasteiger partial charge in [0, 0.05) is 24.7 Å². The maximum absolute atomic E-state index is 15.0. The van der Waals surface area contributed by atoms with E-state index in [0.29, 0.717) is 6.04 Å². The van der Waals surface area contributed by atoms with Gasteiger partial charge >= 0.3 is 0 Å². The lowest BCUT2D eigenvalue weighted by molar-refractivity contribution is 0.167. The number of aliphatic imine (C=N–C) groups is 1. The molecule has 0 radical (unpaired) electrons. The molecule has 3 unspecified atom stereocenters. The molecule has 0 bridgehead atoms. The first-order chi connectivity index (χ1) is 20.4. The lowest BCUT2D eigenvalue weighted by Crippen LogP contribution is -2.48. The smallest absolute Gasteiger partial charge is 0.165 e. The Morgan fingerprint density at radius 3 is 2.19 bits per heavy atom. The van der Waals surface area contributed by atoms with E-state index in [1.165, 1.54) is 55.0 Å². The molecule has 2 aromatic rings. The molecular formula is C37H54FN3O. The number of amidine groups is 1. The van der Waals surface area contributed by atoms with Gasteiger partial charge in [-0.15, -0.1) is 0 Å². The fraction of sp³-hybridized carbons (Fsp3) is 0.541. The van der Waals surface area contributed by atoms with Crippen molar-refractivity contribution in [1.82, 2.24) is 9.80 Å². The molecule has 4 nitrogen and oxygen atoms in total. The predicted molar refractivity (Wildman–Crippen MR) is 177 cm³/mol. The van der Waals surface area contributed by atoms with Crippen molar-refractivity contribution in [3.05, 3.63) is 88.3 Å². The molecule has 1 saturated heterocycles. The van der Waals surface area contributed by atoms with Crippen LogP contribution in [0.3, 0.4) is 0 Å². The van der Waals surface area contributed by atoms with Crippen LogP contribution in [0, 0.1) is 12.7 Å². The van der Waals surface area contributed by atoms with Crippen LogP contribution < -0.4 is 4.74 Å². The lowest BCUT2D eigenvalue weighted by Gasteiger charge is -2.37. The van der Waals surface area contributed by atoms with Gasteiger partial charge in [0.25, 0.3) is 0 Å². The summed E-state index contributed by atoms with van der Waals surface area (Å²) in [5.41, 5.74) is 6.20. The van der Waals surface area contributed by atoms with Crippen molar-refractivity contribution in [3.63, 3.8) is 0 Å². The molecule has 2 aliphatic heterocycles. The third-order valence-corrected chi connectivity index (χ3v) is 8.67. The Balaban J connectivity index is 0.00000114. The van der Waals surface area contributed by atoms with Gasteiger partial charge in [-0.1, -0.05) is 74.8 Å². The van der Waals surface area contributed by atoms with Crippen LogP contribution in [0.5, 0.6) is 5.75 Å². The van der Waals surface area contributed by atoms with E-state index < -0.39 is 0 Å². The highest BCUT2D eigenvalue weighted by Gasteiger charge is 2.40. The van der Waals surface area contributed by atoms with Gasteiger partial charge in [-0.2, -0.15) is 0 Å². The number of benzene rings is 2. The topological polar surface area (TPSA) is 28.1 Å². The summed E-state index contributed by atoms with van der Waals surface area (Å²) >= 11 is 0. The van der Waals surface area contributed by atoms with Crippen LogP contribution in [-0.2, 0) is 12.8 Å². The molecule has 0 amide bonds. The minimum atomic E-state index is -0.323. The second-order valence-electron chi connectivity index (χ2n) is 11.4. The van der Waals surface area contributed by atoms with Gasteiger partial charge in [0.1, 0.15) is 5.84 Å². The van der Waals surface area contributed by atoms with Crippen molar-refractivity contribution in [2.24, 2.45) is 4.99 Å². The van der Waals surface area contributed by atoms with E-state index in [1.54, 1.807) is 12.1 Å². The van der Waals surface area contributed by atoms with Gasteiger partial charge in [-0.3, -0.25) is 9.89 Å². The normalized spacial score (nSPS) is 21.4. The second kappa shape index (κ2) is 16.6. The number of hydrogen-bond acceptors (Lipinski definition) is 4. The number of halogens is 1. The molecule has 0 saturated carbocycles. The largest absolute Gasteiger partial charge is 0.494 e. The van der Waals surface area contributed by atoms with Crippen molar-refractivity contribution >= 4 is 5.84 Å². The van der Waals surface area contributed by atoms with Gasteiger partial charge in [0.15, 0.2) is 11.6 Å². The summed E-state index contributed by atoms with van der Waals surface area (Å²) in [6, 6.07) is 10.5. The maximum Gasteiger partial charge on any atom is 0.165 e. The zero-order valence-electron chi connectivity index (χ0n) is 27.4. The van der Waals surface area contributed by atoms with E-state index in [4.69, 9.17) is 9.73 Å². The van der Waals surface area contributed by atoms with Crippen molar-refractivity contribution in [1.29, 1.82) is 0 Å². The number of rotatable bonds is 9. The molecule has 0 aromatic heterocycles. The molecule has 0 N–H and O–H groups in total. The Hall–Kier alpha value is -2.92. The number of likely N-dealkylation sites (tertiary alicyclic amines) is 1. The van der Waals surface area contributed by atoms with Crippen LogP contribution in [0.4, 0.5) is 4.39 Å². The van der Waals surface area contributed by atoms with E-state index in [1.807, 2.05) is 32.1 Å². The first-order valence-corrected chi connectivity index (χ1v) is 16.1. The monoisotopic (exact) mass is 575 g/mol. The highest BCUT2D eigenvalue weighted by molar-refractivity contribution is 6.03. The van der Waals surface area contributed by atoms with Crippen molar-refractivity contribution in [3.8, 4) is 5.75 Å². The quantitative estimate of drug-likeness (QED) is 0.280. The molecule has 1 fully saturated rings. The Morgan fingerprint density at radius 2 is 1.64 bits per heavy atom. The van der Waals surface area contributed by atoms with Gasteiger partial charge in [0.05, 0.1) is 19.2 Å². The van der Waals surface area contributed by atoms with E-state index >= 15 is 0 Å². The van der Waals surface area contributed by atoms with Crippen molar-refractivity contribution < 1.29 is 9.13 Å². The molecule has 2 aliphatic rings. The summed E-state index contributed by atoms with van der Waals surface area (Å²) in [6.07, 6.45) is 15.4. The molecule has 3 atom stereocenters. The van der Waals surface area contributed by atoms with Crippen LogP contribution in [0.25, 0.3) is 0 Å². The fourth-order valence-corrected chi connectivity index (χ4v) is 6.46. The third-order valence-electron chi connectivity index (χ3n) is 8.67. The van der Waals surface area contributed by atoms with E-state index in [9.17, 15) is 4.39 Å². The third kappa shape index (κ3) is 7.92. The Kier molecular flexibility index (Phi) is 13.3. The molecule has 2 heterocycles. The lowest BCUT2D eigenvalue weighted by atomic mass is 9.93. The average Bonchev–Trinajstić information content (AvgIpc) is 3.21. The first kappa shape index (κ1) is 33.6. The molecular weight excluding hydrogens is 521 g/mol. The zero-order chi connectivity index (χ0) is 30.6. The second-order valence-corrected chi connectivity index (χ2v) is 11.4. The predicted octanol–water partition coefficient (Wildman–Crippen LogP) is 8.86. The fourth-order valence-electron chi connectivity index (χ4n) is 6.46. The summed E-state index contributed by atoms with van der Waals surface area (Å²) in [5, 5.41) is 0. The number of nitrogens with zero attached hydrogens (tertiary/aromatic N) is 3. The number of hydrogen-bond donors (Lipinski definition) is 0. The van der Waals surface area contributed by atoms with Crippen LogP contribution in [0.15, 0.2) is 59.6 Å². The van der Waals surface area contributed by atoms with Gasteiger partial charge < -0.3 is 9.64 Å². The summed E-state index contributed by atoms with van der Waals surface area (Å²) < 4.78 is 20.2. The van der Waals surface area contributed by atoms with Crippen LogP contribution >= 0.6 is 0 Å². The van der Waals surface area contributed by atoms with Crippen LogP contribution in [0.1, 0.15) is 101 Å². The minimum absolute atomic E-state index is 0.129. The van der Waals surface area contributed by atoms with Gasteiger partial charge in [-0.25, -0.2) is 4.39 Å². The number of ether oxygens (including phenoxy) is 1. The summed E-state index contributed by atoms with van der Waals surface area (Å²) in [7, 11) is 1.52. The average molecular weight is 576 g/mol. The molecule has 0 aliphatic carbocycles. The maximum atomic E-state index is 15.0. The standard InChI is InChI=1S/C33H46FN3O.C4H8/c1-7-14-27-15-12-11-13-18-36(27)22-29-32(26-16-17-30(38-6)28(34)21-26)35-33(37(29)10-4)31-24(8-2)19-23(5)20-25(31)9-3;1-3-4-2/h7,14,16-17,19-21,27,29,32H,8-13,15,18,22H2,1-6H3;3-4H,1-2H3/b14-7+;4-3-. The van der Waals surface area contributed by atoms with E-state index in [-0.39, 0.29) is 23.7 Å². The molecule has 42 heavy (non-hydrogen) atoms. The highest BCUT2D eigenvalue weighted by atomic mass is 19.1. The molecule has 2 aromatic carbocycles. The number of allylic oxidation sites excluding steroid dienone is 3. The highest BCUT2D eigenvalue weighted by Crippen LogP contribution is 2.38. The Morgan fingerprint density at radius 1 is 0.952 bits per heavy atom. The number of likely N-dealkylation sites (N-methyl/N-ethyl adjacent to an activating group) is 1. The molecule has 5 heteroatoms. The Labute approximate surface area is 255 Å². The summed E-state index contributed by atoms with van der Waals surface area (Å²) in [5.74, 6) is 1.03.